The van der Waals surface area contributed by atoms with E-state index in [0.717, 1.165) is 35.9 Å². The van der Waals surface area contributed by atoms with Gasteiger partial charge in [-0.05, 0) is 18.6 Å². The van der Waals surface area contributed by atoms with E-state index >= 15 is 0 Å². The number of halogens is 1. The molecule has 31 heavy (non-hydrogen) atoms. The number of aryl methyl sites for hydroxylation is 1. The Bertz CT molecular complexity index is 817. The first kappa shape index (κ1) is 25.1. The summed E-state index contributed by atoms with van der Waals surface area (Å²) in [6, 6.07) is 5.78. The van der Waals surface area contributed by atoms with Gasteiger partial charge in [-0.25, -0.2) is 4.99 Å². The highest BCUT2D eigenvalue weighted by Crippen LogP contribution is 2.32. The van der Waals surface area contributed by atoms with Crippen molar-refractivity contribution in [2.24, 2.45) is 12.0 Å². The monoisotopic (exact) mass is 546 g/mol. The first-order chi connectivity index (χ1) is 14.8. The average Bonchev–Trinajstić information content (AvgIpc) is 3.02. The van der Waals surface area contributed by atoms with Gasteiger partial charge in [0.2, 0.25) is 0 Å². The molecule has 10 nitrogen and oxygen atoms in total. The number of guanidine groups is 1. The van der Waals surface area contributed by atoms with E-state index in [9.17, 15) is 0 Å². The minimum atomic E-state index is 0. The van der Waals surface area contributed by atoms with Crippen molar-refractivity contribution in [1.82, 2.24) is 20.1 Å². The Morgan fingerprint density at radius 3 is 2.81 bits per heavy atom. The van der Waals surface area contributed by atoms with E-state index in [1.54, 1.807) is 13.4 Å². The summed E-state index contributed by atoms with van der Waals surface area (Å²) in [6.07, 6.45) is 3.37. The van der Waals surface area contributed by atoms with Crippen LogP contribution in [0.5, 0.6) is 11.5 Å². The molecule has 2 aromatic rings. The molecule has 0 saturated carbocycles. The topological polar surface area (TPSA) is 104 Å². The lowest BCUT2D eigenvalue weighted by molar-refractivity contribution is 0.0699. The summed E-state index contributed by atoms with van der Waals surface area (Å²) in [6.45, 7) is 4.27. The number of aliphatic imine (C=N–C) groups is 1. The second-order valence-corrected chi connectivity index (χ2v) is 6.75. The standard InChI is InChI=1S/C20H30N6O4.HI/c1-26-15-23-25-19(26)14-22-20(21-7-3-8-28-12-11-27-2)24-16-5-6-17-18(13-16)30-10-4-9-29-17;/h5-6,13,15H,3-4,7-12,14H2,1-2H3,(H2,21,22,24);1H. The SMILES string of the molecule is COCCOCCCNC(=NCc1nncn1C)Nc1ccc2c(c1)OCCCO2.I. The maximum absolute atomic E-state index is 5.78. The molecular formula is C20H31IN6O4. The van der Waals surface area contributed by atoms with Crippen LogP contribution in [0.15, 0.2) is 29.5 Å². The molecular weight excluding hydrogens is 515 g/mol. The highest BCUT2D eigenvalue weighted by molar-refractivity contribution is 14.0. The van der Waals surface area contributed by atoms with Gasteiger partial charge in [0.25, 0.3) is 0 Å². The molecule has 172 valence electrons. The van der Waals surface area contributed by atoms with Crippen LogP contribution in [0.25, 0.3) is 0 Å². The van der Waals surface area contributed by atoms with E-state index in [2.05, 4.69) is 25.8 Å². The van der Waals surface area contributed by atoms with Crippen molar-refractivity contribution in [3.8, 4) is 11.5 Å². The fourth-order valence-electron chi connectivity index (χ4n) is 2.74. The third kappa shape index (κ3) is 8.50. The highest BCUT2D eigenvalue weighted by Gasteiger charge is 2.11. The number of nitrogens with one attached hydrogen (secondary N) is 2. The van der Waals surface area contributed by atoms with E-state index in [1.807, 2.05) is 29.8 Å². The molecule has 1 aliphatic heterocycles. The second-order valence-electron chi connectivity index (χ2n) is 6.75. The normalized spacial score (nSPS) is 13.3. The van der Waals surface area contributed by atoms with Crippen LogP contribution in [-0.4, -0.2) is 67.4 Å². The van der Waals surface area contributed by atoms with E-state index in [1.165, 1.54) is 0 Å². The molecule has 2 heterocycles. The number of hydrogen-bond donors (Lipinski definition) is 2. The highest BCUT2D eigenvalue weighted by atomic mass is 127. The molecule has 0 amide bonds. The van der Waals surface area contributed by atoms with E-state index in [4.69, 9.17) is 18.9 Å². The minimum Gasteiger partial charge on any atom is -0.490 e. The lowest BCUT2D eigenvalue weighted by atomic mass is 10.2. The van der Waals surface area contributed by atoms with Crippen molar-refractivity contribution >= 4 is 35.6 Å². The van der Waals surface area contributed by atoms with Gasteiger partial charge in [0.05, 0.1) is 26.4 Å². The van der Waals surface area contributed by atoms with Crippen molar-refractivity contribution in [3.63, 3.8) is 0 Å². The zero-order valence-electron chi connectivity index (χ0n) is 18.0. The summed E-state index contributed by atoms with van der Waals surface area (Å²) in [5.41, 5.74) is 0.861. The number of fused-ring (bicyclic) bond motifs is 1. The van der Waals surface area contributed by atoms with Gasteiger partial charge in [0, 0.05) is 45.5 Å². The summed E-state index contributed by atoms with van der Waals surface area (Å²) in [7, 11) is 3.56. The number of hydrogen-bond acceptors (Lipinski definition) is 7. The summed E-state index contributed by atoms with van der Waals surface area (Å²) < 4.78 is 23.8. The molecule has 0 atom stereocenters. The summed E-state index contributed by atoms with van der Waals surface area (Å²) in [4.78, 5) is 4.64. The molecule has 0 bridgehead atoms. The van der Waals surface area contributed by atoms with Gasteiger partial charge < -0.3 is 34.1 Å². The lowest BCUT2D eigenvalue weighted by Crippen LogP contribution is -2.32. The van der Waals surface area contributed by atoms with E-state index in [0.29, 0.717) is 52.1 Å². The molecule has 1 aliphatic rings. The summed E-state index contributed by atoms with van der Waals surface area (Å²) >= 11 is 0. The predicted molar refractivity (Wildman–Crippen MR) is 129 cm³/mol. The fraction of sp³-hybridized carbons (Fsp3) is 0.550. The Kier molecular flexibility index (Phi) is 11.4. The van der Waals surface area contributed by atoms with Crippen molar-refractivity contribution < 1.29 is 18.9 Å². The van der Waals surface area contributed by atoms with Crippen molar-refractivity contribution in [2.75, 3.05) is 52.0 Å². The van der Waals surface area contributed by atoms with Gasteiger partial charge in [-0.15, -0.1) is 34.2 Å². The number of ether oxygens (including phenoxy) is 4. The molecule has 0 unspecified atom stereocenters. The Morgan fingerprint density at radius 2 is 2.03 bits per heavy atom. The molecule has 1 aromatic heterocycles. The molecule has 11 heteroatoms. The molecule has 0 spiro atoms. The van der Waals surface area contributed by atoms with Gasteiger partial charge in [0.15, 0.2) is 23.3 Å². The van der Waals surface area contributed by atoms with Gasteiger partial charge in [-0.2, -0.15) is 0 Å². The first-order valence-electron chi connectivity index (χ1n) is 10.1. The maximum Gasteiger partial charge on any atom is 0.196 e. The fourth-order valence-corrected chi connectivity index (χ4v) is 2.74. The quantitative estimate of drug-likeness (QED) is 0.203. The Hall–Kier alpha value is -2.12. The van der Waals surface area contributed by atoms with Crippen LogP contribution in [0.1, 0.15) is 18.7 Å². The average molecular weight is 546 g/mol. The van der Waals surface area contributed by atoms with Gasteiger partial charge in [0.1, 0.15) is 12.9 Å². The number of benzene rings is 1. The number of anilines is 1. The molecule has 0 saturated heterocycles. The molecule has 0 radical (unpaired) electrons. The summed E-state index contributed by atoms with van der Waals surface area (Å²) in [5.74, 6) is 2.91. The van der Waals surface area contributed by atoms with Crippen LogP contribution >= 0.6 is 24.0 Å². The zero-order valence-corrected chi connectivity index (χ0v) is 20.3. The molecule has 0 aliphatic carbocycles. The third-order valence-electron chi connectivity index (χ3n) is 4.38. The lowest BCUT2D eigenvalue weighted by Gasteiger charge is -2.14. The Balaban J connectivity index is 0.00000341. The van der Waals surface area contributed by atoms with Crippen LogP contribution in [0, 0.1) is 0 Å². The number of nitrogens with zero attached hydrogens (tertiary/aromatic N) is 4. The van der Waals surface area contributed by atoms with Gasteiger partial charge in [-0.3, -0.25) is 0 Å². The van der Waals surface area contributed by atoms with Crippen molar-refractivity contribution in [2.45, 2.75) is 19.4 Å². The number of aromatic nitrogens is 3. The first-order valence-corrected chi connectivity index (χ1v) is 10.1. The van der Waals surface area contributed by atoms with Gasteiger partial charge >= 0.3 is 0 Å². The smallest absolute Gasteiger partial charge is 0.196 e. The van der Waals surface area contributed by atoms with Crippen LogP contribution < -0.4 is 20.1 Å². The largest absolute Gasteiger partial charge is 0.490 e. The molecule has 3 rings (SSSR count). The number of methoxy groups -OCH3 is 1. The van der Waals surface area contributed by atoms with Crippen molar-refractivity contribution in [3.05, 3.63) is 30.4 Å². The minimum absolute atomic E-state index is 0. The molecule has 1 aromatic carbocycles. The van der Waals surface area contributed by atoms with Crippen LogP contribution in [-0.2, 0) is 23.1 Å². The maximum atomic E-state index is 5.78. The molecule has 2 N–H and O–H groups in total. The van der Waals surface area contributed by atoms with Crippen LogP contribution in [0.2, 0.25) is 0 Å². The zero-order chi connectivity index (χ0) is 21.0. The van der Waals surface area contributed by atoms with E-state index in [-0.39, 0.29) is 24.0 Å². The van der Waals surface area contributed by atoms with Gasteiger partial charge in [-0.1, -0.05) is 0 Å². The Labute approximate surface area is 199 Å². The Morgan fingerprint density at radius 1 is 1.19 bits per heavy atom. The molecule has 0 fully saturated rings. The van der Waals surface area contributed by atoms with Crippen LogP contribution in [0.4, 0.5) is 5.69 Å². The van der Waals surface area contributed by atoms with Crippen LogP contribution in [0.3, 0.4) is 0 Å². The second kappa shape index (κ2) is 14.0. The third-order valence-corrected chi connectivity index (χ3v) is 4.38. The number of rotatable bonds is 10. The summed E-state index contributed by atoms with van der Waals surface area (Å²) in [5, 5.41) is 14.6. The van der Waals surface area contributed by atoms with E-state index < -0.39 is 0 Å². The predicted octanol–water partition coefficient (Wildman–Crippen LogP) is 2.21. The van der Waals surface area contributed by atoms with Crippen molar-refractivity contribution in [1.29, 1.82) is 0 Å².